The second kappa shape index (κ2) is 5.95. The Kier molecular flexibility index (Phi) is 4.20. The number of rotatable bonds is 3. The summed E-state index contributed by atoms with van der Waals surface area (Å²) in [7, 11) is 0. The van der Waals surface area contributed by atoms with Gasteiger partial charge in [0.25, 0.3) is 0 Å². The van der Waals surface area contributed by atoms with E-state index < -0.39 is 0 Å². The molecule has 0 aromatic heterocycles. The van der Waals surface area contributed by atoms with Crippen LogP contribution < -0.4 is 11.1 Å². The number of nitrogens with one attached hydrogen (secondary N) is 1. The van der Waals surface area contributed by atoms with Crippen LogP contribution in [0.4, 0.5) is 0 Å². The van der Waals surface area contributed by atoms with E-state index in [9.17, 15) is 4.79 Å². The maximum absolute atomic E-state index is 11.9. The predicted octanol–water partition coefficient (Wildman–Crippen LogP) is 1.94. The molecule has 0 radical (unpaired) electrons. The number of likely N-dealkylation sites (tertiary alicyclic amines) is 1. The summed E-state index contributed by atoms with van der Waals surface area (Å²) in [6.07, 6.45) is 2.03. The van der Waals surface area contributed by atoms with Gasteiger partial charge in [-0.05, 0) is 44.0 Å². The Balaban J connectivity index is 1.90. The van der Waals surface area contributed by atoms with Crippen LogP contribution in [0, 0.1) is 5.92 Å². The number of halogens is 1. The molecule has 1 aromatic rings. The molecular formula is C16H22ClN3O. The molecule has 4 unspecified atom stereocenters. The molecule has 1 amide bonds. The van der Waals surface area contributed by atoms with Crippen LogP contribution in [0.3, 0.4) is 0 Å². The zero-order valence-corrected chi connectivity index (χ0v) is 13.0. The first-order valence-electron chi connectivity index (χ1n) is 7.62. The van der Waals surface area contributed by atoms with Crippen LogP contribution in [0.1, 0.15) is 31.4 Å². The van der Waals surface area contributed by atoms with E-state index in [-0.39, 0.29) is 30.0 Å². The zero-order chi connectivity index (χ0) is 15.0. The lowest BCUT2D eigenvalue weighted by Crippen LogP contribution is -2.51. The number of hydrogen-bond donors (Lipinski definition) is 2. The van der Waals surface area contributed by atoms with Crippen molar-refractivity contribution in [1.82, 2.24) is 10.2 Å². The summed E-state index contributed by atoms with van der Waals surface area (Å²) in [6.45, 7) is 3.76. The molecule has 2 aliphatic rings. The van der Waals surface area contributed by atoms with E-state index >= 15 is 0 Å². The van der Waals surface area contributed by atoms with Crippen LogP contribution in [0.5, 0.6) is 0 Å². The smallest absolute Gasteiger partial charge is 0.224 e. The van der Waals surface area contributed by atoms with Gasteiger partial charge in [0.1, 0.15) is 0 Å². The Morgan fingerprint density at radius 1 is 1.38 bits per heavy atom. The number of piperidine rings is 1. The minimum Gasteiger partial charge on any atom is -0.354 e. The van der Waals surface area contributed by atoms with Crippen molar-refractivity contribution in [3.8, 4) is 0 Å². The summed E-state index contributed by atoms with van der Waals surface area (Å²) in [5.41, 5.74) is 7.45. The number of nitrogens with zero attached hydrogens (tertiary/aromatic N) is 1. The molecule has 2 fully saturated rings. The summed E-state index contributed by atoms with van der Waals surface area (Å²) in [5, 5.41) is 3.74. The number of hydrogen-bond acceptors (Lipinski definition) is 3. The van der Waals surface area contributed by atoms with E-state index in [1.807, 2.05) is 31.2 Å². The number of benzene rings is 1. The van der Waals surface area contributed by atoms with Gasteiger partial charge in [-0.3, -0.25) is 9.69 Å². The van der Waals surface area contributed by atoms with Crippen LogP contribution in [0.2, 0.25) is 5.02 Å². The summed E-state index contributed by atoms with van der Waals surface area (Å²) in [5.74, 6) is 0.316. The Morgan fingerprint density at radius 2 is 2.10 bits per heavy atom. The van der Waals surface area contributed by atoms with Crippen molar-refractivity contribution in [2.45, 2.75) is 37.9 Å². The highest BCUT2D eigenvalue weighted by Gasteiger charge is 2.43. The molecule has 5 heteroatoms. The van der Waals surface area contributed by atoms with Crippen molar-refractivity contribution >= 4 is 17.5 Å². The molecule has 4 atom stereocenters. The molecular weight excluding hydrogens is 286 g/mol. The maximum Gasteiger partial charge on any atom is 0.224 e. The van der Waals surface area contributed by atoms with Gasteiger partial charge in [-0.15, -0.1) is 0 Å². The van der Waals surface area contributed by atoms with Gasteiger partial charge in [-0.2, -0.15) is 0 Å². The third kappa shape index (κ3) is 2.80. The zero-order valence-electron chi connectivity index (χ0n) is 12.3. The van der Waals surface area contributed by atoms with Crippen molar-refractivity contribution in [2.75, 3.05) is 13.1 Å². The average molecular weight is 308 g/mol. The van der Waals surface area contributed by atoms with Gasteiger partial charge in [0.15, 0.2) is 0 Å². The minimum atomic E-state index is 0.000581. The fourth-order valence-electron chi connectivity index (χ4n) is 3.79. The third-order valence-corrected chi connectivity index (χ3v) is 4.96. The van der Waals surface area contributed by atoms with E-state index in [2.05, 4.69) is 10.2 Å². The van der Waals surface area contributed by atoms with Gasteiger partial charge in [0, 0.05) is 29.7 Å². The molecule has 3 N–H and O–H groups in total. The monoisotopic (exact) mass is 307 g/mol. The number of amides is 1. The predicted molar refractivity (Wildman–Crippen MR) is 84.1 cm³/mol. The van der Waals surface area contributed by atoms with Crippen LogP contribution in [-0.4, -0.2) is 36.0 Å². The Labute approximate surface area is 130 Å². The number of carbonyl (C=O) groups is 1. The highest BCUT2D eigenvalue weighted by Crippen LogP contribution is 2.35. The first-order valence-corrected chi connectivity index (χ1v) is 8.00. The molecule has 0 saturated carbocycles. The molecule has 0 bridgehead atoms. The molecule has 3 rings (SSSR count). The van der Waals surface area contributed by atoms with E-state index in [1.165, 1.54) is 5.56 Å². The van der Waals surface area contributed by atoms with Crippen molar-refractivity contribution < 1.29 is 4.79 Å². The quantitative estimate of drug-likeness (QED) is 0.897. The first-order chi connectivity index (χ1) is 10.1. The van der Waals surface area contributed by atoms with Gasteiger partial charge in [0.2, 0.25) is 5.91 Å². The molecule has 0 spiro atoms. The van der Waals surface area contributed by atoms with Gasteiger partial charge in [-0.1, -0.05) is 23.7 Å². The van der Waals surface area contributed by atoms with Crippen molar-refractivity contribution in [3.05, 3.63) is 34.9 Å². The molecule has 21 heavy (non-hydrogen) atoms. The lowest BCUT2D eigenvalue weighted by Gasteiger charge is -2.43. The van der Waals surface area contributed by atoms with E-state index in [0.717, 1.165) is 31.0 Å². The molecule has 0 aliphatic carbocycles. The molecule has 1 aromatic carbocycles. The fourth-order valence-corrected chi connectivity index (χ4v) is 3.91. The standard InChI is InChI=1S/C16H22ClN3O/c1-10(18)15(11-4-6-12(17)7-5-11)20-8-2-3-13-14(20)9-19-16(13)21/h4-7,10,13-15H,2-3,8-9,18H2,1H3,(H,19,21). The van der Waals surface area contributed by atoms with Crippen LogP contribution >= 0.6 is 11.6 Å². The van der Waals surface area contributed by atoms with Crippen molar-refractivity contribution in [2.24, 2.45) is 11.7 Å². The second-order valence-electron chi connectivity index (χ2n) is 6.15. The normalized spacial score (nSPS) is 28.8. The first kappa shape index (κ1) is 14.8. The van der Waals surface area contributed by atoms with Crippen LogP contribution in [0.25, 0.3) is 0 Å². The average Bonchev–Trinajstić information content (AvgIpc) is 2.84. The van der Waals surface area contributed by atoms with Crippen molar-refractivity contribution in [1.29, 1.82) is 0 Å². The lowest BCUT2D eigenvalue weighted by molar-refractivity contribution is -0.124. The Morgan fingerprint density at radius 3 is 2.76 bits per heavy atom. The summed E-state index contributed by atoms with van der Waals surface area (Å²) < 4.78 is 0. The number of nitrogens with two attached hydrogens (primary N) is 1. The minimum absolute atomic E-state index is 0.000581. The summed E-state index contributed by atoms with van der Waals surface area (Å²) in [6, 6.07) is 8.30. The lowest BCUT2D eigenvalue weighted by atomic mass is 9.87. The largest absolute Gasteiger partial charge is 0.354 e. The number of fused-ring (bicyclic) bond motifs is 1. The fraction of sp³-hybridized carbons (Fsp3) is 0.562. The van der Waals surface area contributed by atoms with E-state index in [1.54, 1.807) is 0 Å². The molecule has 2 heterocycles. The topological polar surface area (TPSA) is 58.4 Å². The molecule has 2 saturated heterocycles. The van der Waals surface area contributed by atoms with Gasteiger partial charge < -0.3 is 11.1 Å². The van der Waals surface area contributed by atoms with Gasteiger partial charge in [-0.25, -0.2) is 0 Å². The molecule has 114 valence electrons. The van der Waals surface area contributed by atoms with Crippen molar-refractivity contribution in [3.63, 3.8) is 0 Å². The van der Waals surface area contributed by atoms with Crippen LogP contribution in [-0.2, 0) is 4.79 Å². The third-order valence-electron chi connectivity index (χ3n) is 4.71. The SMILES string of the molecule is CC(N)C(c1ccc(Cl)cc1)N1CCCC2C(=O)NCC21. The van der Waals surface area contributed by atoms with Crippen LogP contribution in [0.15, 0.2) is 24.3 Å². The Bertz CT molecular complexity index is 517. The van der Waals surface area contributed by atoms with E-state index in [4.69, 9.17) is 17.3 Å². The molecule has 2 aliphatic heterocycles. The highest BCUT2D eigenvalue weighted by atomic mass is 35.5. The van der Waals surface area contributed by atoms with Gasteiger partial charge >= 0.3 is 0 Å². The van der Waals surface area contributed by atoms with Gasteiger partial charge in [0.05, 0.1) is 5.92 Å². The maximum atomic E-state index is 11.9. The Hall–Kier alpha value is -1.10. The summed E-state index contributed by atoms with van der Waals surface area (Å²) >= 11 is 5.99. The molecule has 4 nitrogen and oxygen atoms in total. The highest BCUT2D eigenvalue weighted by molar-refractivity contribution is 6.30. The van der Waals surface area contributed by atoms with E-state index in [0.29, 0.717) is 0 Å². The summed E-state index contributed by atoms with van der Waals surface area (Å²) in [4.78, 5) is 14.4. The number of carbonyl (C=O) groups excluding carboxylic acids is 1. The second-order valence-corrected chi connectivity index (χ2v) is 6.59.